The number of nitrogens with zero attached hydrogens (tertiary/aromatic N) is 2. The fourth-order valence-electron chi connectivity index (χ4n) is 6.57. The summed E-state index contributed by atoms with van der Waals surface area (Å²) in [5, 5.41) is 21.3. The Labute approximate surface area is 205 Å². The van der Waals surface area contributed by atoms with E-state index in [-0.39, 0.29) is 24.1 Å². The number of amides is 1. The highest BCUT2D eigenvalue weighted by atomic mass is 16.6. The lowest BCUT2D eigenvalue weighted by Crippen LogP contribution is -2.52. The zero-order chi connectivity index (χ0) is 24.2. The molecular formula is C30H28N2O3. The van der Waals surface area contributed by atoms with E-state index >= 15 is 0 Å². The van der Waals surface area contributed by atoms with Crippen molar-refractivity contribution in [3.8, 4) is 17.2 Å². The Bertz CT molecular complexity index is 1300. The number of carbonyl (C=O) groups is 1. The minimum absolute atomic E-state index is 0.0245. The molecule has 1 N–H and O–H groups in total. The van der Waals surface area contributed by atoms with Crippen molar-refractivity contribution in [2.45, 2.75) is 56.2 Å². The van der Waals surface area contributed by atoms with Gasteiger partial charge < -0.3 is 14.7 Å². The van der Waals surface area contributed by atoms with Crippen LogP contribution in [-0.4, -0.2) is 34.8 Å². The third kappa shape index (κ3) is 3.52. The molecule has 6 rings (SSSR count). The highest BCUT2D eigenvalue weighted by molar-refractivity contribution is 5.79. The third-order valence-electron chi connectivity index (χ3n) is 8.11. The van der Waals surface area contributed by atoms with Crippen molar-refractivity contribution in [2.75, 3.05) is 6.61 Å². The number of piperidine rings is 1. The van der Waals surface area contributed by atoms with Crippen LogP contribution < -0.4 is 0 Å². The second kappa shape index (κ2) is 8.25. The van der Waals surface area contributed by atoms with Crippen molar-refractivity contribution >= 4 is 6.09 Å². The monoisotopic (exact) mass is 464 g/mol. The van der Waals surface area contributed by atoms with Gasteiger partial charge in [-0.25, -0.2) is 4.79 Å². The van der Waals surface area contributed by atoms with Crippen LogP contribution in [0.15, 0.2) is 66.7 Å². The molecular weight excluding hydrogens is 436 g/mol. The van der Waals surface area contributed by atoms with Gasteiger partial charge in [0, 0.05) is 36.4 Å². The summed E-state index contributed by atoms with van der Waals surface area (Å²) in [5.41, 5.74) is 5.88. The molecule has 176 valence electrons. The molecule has 5 heteroatoms. The zero-order valence-corrected chi connectivity index (χ0v) is 19.8. The molecule has 5 nitrogen and oxygen atoms in total. The van der Waals surface area contributed by atoms with Crippen LogP contribution in [0.1, 0.15) is 59.4 Å². The van der Waals surface area contributed by atoms with Gasteiger partial charge in [0.15, 0.2) is 0 Å². The second-order valence-electron chi connectivity index (χ2n) is 10.2. The van der Waals surface area contributed by atoms with E-state index in [9.17, 15) is 15.2 Å². The summed E-state index contributed by atoms with van der Waals surface area (Å²) < 4.78 is 5.95. The summed E-state index contributed by atoms with van der Waals surface area (Å²) in [6.45, 7) is 2.24. The summed E-state index contributed by atoms with van der Waals surface area (Å²) in [7, 11) is 0. The van der Waals surface area contributed by atoms with Crippen LogP contribution in [-0.2, 0) is 10.3 Å². The van der Waals surface area contributed by atoms with Crippen molar-refractivity contribution in [2.24, 2.45) is 0 Å². The number of ether oxygens (including phenoxy) is 1. The molecule has 2 bridgehead atoms. The van der Waals surface area contributed by atoms with Crippen molar-refractivity contribution in [1.29, 1.82) is 5.26 Å². The summed E-state index contributed by atoms with van der Waals surface area (Å²) in [6.07, 6.45) is 2.22. The van der Waals surface area contributed by atoms with Crippen LogP contribution in [0.25, 0.3) is 11.1 Å². The van der Waals surface area contributed by atoms with Crippen LogP contribution in [0.5, 0.6) is 0 Å². The summed E-state index contributed by atoms with van der Waals surface area (Å²) in [5.74, 6) is 0.0245. The predicted molar refractivity (Wildman–Crippen MR) is 133 cm³/mol. The van der Waals surface area contributed by atoms with Gasteiger partial charge in [0.2, 0.25) is 0 Å². The van der Waals surface area contributed by atoms with Crippen molar-refractivity contribution in [3.05, 3.63) is 94.5 Å². The first-order valence-corrected chi connectivity index (χ1v) is 12.4. The van der Waals surface area contributed by atoms with Crippen LogP contribution in [0.4, 0.5) is 4.79 Å². The molecule has 0 aromatic heterocycles. The molecule has 0 radical (unpaired) electrons. The summed E-state index contributed by atoms with van der Waals surface area (Å²) >= 11 is 0. The van der Waals surface area contributed by atoms with E-state index in [2.05, 4.69) is 30.3 Å². The summed E-state index contributed by atoms with van der Waals surface area (Å²) in [4.78, 5) is 15.2. The minimum atomic E-state index is -1.11. The van der Waals surface area contributed by atoms with Gasteiger partial charge >= 0.3 is 6.09 Å². The van der Waals surface area contributed by atoms with Gasteiger partial charge in [0.05, 0.1) is 17.2 Å². The molecule has 2 aliphatic heterocycles. The first-order valence-electron chi connectivity index (χ1n) is 12.4. The number of benzene rings is 3. The molecule has 0 saturated carbocycles. The molecule has 2 heterocycles. The molecule has 2 unspecified atom stereocenters. The lowest BCUT2D eigenvalue weighted by molar-refractivity contribution is -0.0532. The molecule has 3 aliphatic rings. The molecule has 2 atom stereocenters. The normalized spacial score (nSPS) is 24.5. The number of hydrogen-bond donors (Lipinski definition) is 1. The fraction of sp³-hybridized carbons (Fsp3) is 0.333. The van der Waals surface area contributed by atoms with Crippen LogP contribution in [0, 0.1) is 18.3 Å². The lowest BCUT2D eigenvalue weighted by Gasteiger charge is -2.43. The molecule has 3 aromatic rings. The number of aryl methyl sites for hydroxylation is 1. The average Bonchev–Trinajstić information content (AvgIpc) is 3.34. The molecule has 1 aliphatic carbocycles. The summed E-state index contributed by atoms with van der Waals surface area (Å²) in [6, 6.07) is 24.3. The van der Waals surface area contributed by atoms with Crippen molar-refractivity contribution in [3.63, 3.8) is 0 Å². The van der Waals surface area contributed by atoms with E-state index in [1.165, 1.54) is 22.3 Å². The molecule has 2 saturated heterocycles. The zero-order valence-electron chi connectivity index (χ0n) is 19.8. The Balaban J connectivity index is 1.20. The average molecular weight is 465 g/mol. The van der Waals surface area contributed by atoms with Gasteiger partial charge in [-0.1, -0.05) is 60.7 Å². The maximum Gasteiger partial charge on any atom is 0.410 e. The fourth-order valence-corrected chi connectivity index (χ4v) is 6.57. The molecule has 3 aromatic carbocycles. The predicted octanol–water partition coefficient (Wildman–Crippen LogP) is 5.63. The third-order valence-corrected chi connectivity index (χ3v) is 8.11. The highest BCUT2D eigenvalue weighted by Crippen LogP contribution is 2.48. The number of fused-ring (bicyclic) bond motifs is 5. The Kier molecular flexibility index (Phi) is 5.16. The molecule has 0 spiro atoms. The van der Waals surface area contributed by atoms with E-state index in [0.717, 1.165) is 18.4 Å². The largest absolute Gasteiger partial charge is 0.448 e. The highest BCUT2D eigenvalue weighted by Gasteiger charge is 2.51. The smallest absolute Gasteiger partial charge is 0.410 e. The second-order valence-corrected chi connectivity index (χ2v) is 10.2. The van der Waals surface area contributed by atoms with Gasteiger partial charge in [-0.2, -0.15) is 5.26 Å². The number of hydrogen-bond acceptors (Lipinski definition) is 4. The first-order chi connectivity index (χ1) is 17.0. The van der Waals surface area contributed by atoms with E-state index in [4.69, 9.17) is 4.74 Å². The Morgan fingerprint density at radius 1 is 1.03 bits per heavy atom. The number of carbonyl (C=O) groups excluding carboxylic acids is 1. The Morgan fingerprint density at radius 2 is 1.63 bits per heavy atom. The van der Waals surface area contributed by atoms with Gasteiger partial charge in [-0.05, 0) is 53.6 Å². The Morgan fingerprint density at radius 3 is 2.23 bits per heavy atom. The van der Waals surface area contributed by atoms with E-state index < -0.39 is 5.60 Å². The van der Waals surface area contributed by atoms with Gasteiger partial charge in [-0.15, -0.1) is 0 Å². The number of nitriles is 1. The van der Waals surface area contributed by atoms with E-state index in [1.807, 2.05) is 54.3 Å². The van der Waals surface area contributed by atoms with Crippen molar-refractivity contribution < 1.29 is 14.6 Å². The van der Waals surface area contributed by atoms with Crippen molar-refractivity contribution in [1.82, 2.24) is 4.90 Å². The maximum absolute atomic E-state index is 13.3. The molecule has 1 amide bonds. The van der Waals surface area contributed by atoms with Crippen LogP contribution >= 0.6 is 0 Å². The molecule has 35 heavy (non-hydrogen) atoms. The van der Waals surface area contributed by atoms with Crippen LogP contribution in [0.2, 0.25) is 0 Å². The standard InChI is InChI=1S/C30H28N2O3/c1-19-10-13-28(20(14-19)17-31)30(34)15-21-11-12-22(16-30)32(21)29(33)35-18-27-25-8-4-2-6-23(25)24-7-3-5-9-26(24)27/h2-10,13-14,21-22,27,34H,11-12,15-16,18H2,1H3. The van der Waals surface area contributed by atoms with Gasteiger partial charge in [0.1, 0.15) is 6.61 Å². The first kappa shape index (κ1) is 21.9. The number of aliphatic hydroxyl groups is 1. The van der Waals surface area contributed by atoms with Gasteiger partial charge in [-0.3, -0.25) is 0 Å². The Hall–Kier alpha value is -3.62. The van der Waals surface area contributed by atoms with Crippen LogP contribution in [0.3, 0.4) is 0 Å². The minimum Gasteiger partial charge on any atom is -0.448 e. The topological polar surface area (TPSA) is 73.6 Å². The van der Waals surface area contributed by atoms with E-state index in [0.29, 0.717) is 30.6 Å². The lowest BCUT2D eigenvalue weighted by atomic mass is 9.78. The van der Waals surface area contributed by atoms with Gasteiger partial charge in [0.25, 0.3) is 0 Å². The van der Waals surface area contributed by atoms with E-state index in [1.54, 1.807) is 0 Å². The maximum atomic E-state index is 13.3. The molecule has 2 fully saturated rings. The SMILES string of the molecule is Cc1ccc(C2(O)CC3CCC(C2)N3C(=O)OCC2c3ccccc3-c3ccccc32)c(C#N)c1. The quantitative estimate of drug-likeness (QED) is 0.545. The number of rotatable bonds is 3.